The van der Waals surface area contributed by atoms with Gasteiger partial charge in [-0.05, 0) is 24.3 Å². The molecule has 0 radical (unpaired) electrons. The van der Waals surface area contributed by atoms with Crippen LogP contribution in [0.15, 0.2) is 54.6 Å². The van der Waals surface area contributed by atoms with E-state index in [9.17, 15) is 9.18 Å². The number of hydrogen-bond donors (Lipinski definition) is 1. The Morgan fingerprint density at radius 1 is 1.08 bits per heavy atom. The molecule has 4 nitrogen and oxygen atoms in total. The van der Waals surface area contributed by atoms with Gasteiger partial charge in [0.1, 0.15) is 5.82 Å². The number of nitrogens with one attached hydrogen (secondary N) is 1. The number of rotatable bonds is 4. The molecule has 0 unspecified atom stereocenters. The van der Waals surface area contributed by atoms with Crippen molar-refractivity contribution in [3.05, 3.63) is 66.0 Å². The Balaban J connectivity index is 1.71. The number of hydrogen-bond acceptors (Lipinski definition) is 3. The maximum Gasteiger partial charge on any atom is 0.248 e. The van der Waals surface area contributed by atoms with E-state index in [4.69, 9.17) is 4.74 Å². The number of amides is 1. The van der Waals surface area contributed by atoms with Crippen LogP contribution in [0.25, 0.3) is 6.08 Å². The zero-order chi connectivity index (χ0) is 16.8. The van der Waals surface area contributed by atoms with Crippen molar-refractivity contribution in [1.82, 2.24) is 0 Å². The number of para-hydroxylation sites is 2. The lowest BCUT2D eigenvalue weighted by atomic mass is 10.2. The van der Waals surface area contributed by atoms with Gasteiger partial charge in [0.05, 0.1) is 24.6 Å². The molecule has 1 amide bonds. The van der Waals surface area contributed by atoms with Crippen molar-refractivity contribution < 1.29 is 13.9 Å². The number of carbonyl (C=O) groups is 1. The fourth-order valence-electron chi connectivity index (χ4n) is 2.61. The van der Waals surface area contributed by atoms with E-state index in [-0.39, 0.29) is 11.7 Å². The summed E-state index contributed by atoms with van der Waals surface area (Å²) in [6.07, 6.45) is 2.82. The van der Waals surface area contributed by atoms with Crippen LogP contribution in [0.4, 0.5) is 15.8 Å². The third kappa shape index (κ3) is 4.00. The minimum atomic E-state index is -0.352. The number of benzene rings is 2. The predicted molar refractivity (Wildman–Crippen MR) is 93.5 cm³/mol. The topological polar surface area (TPSA) is 41.6 Å². The van der Waals surface area contributed by atoms with Crippen LogP contribution >= 0.6 is 0 Å². The van der Waals surface area contributed by atoms with Crippen molar-refractivity contribution in [1.29, 1.82) is 0 Å². The average Bonchev–Trinajstić information content (AvgIpc) is 2.62. The maximum absolute atomic E-state index is 13.6. The molecule has 2 aromatic carbocycles. The van der Waals surface area contributed by atoms with Crippen LogP contribution in [0.3, 0.4) is 0 Å². The van der Waals surface area contributed by atoms with E-state index < -0.39 is 0 Å². The highest BCUT2D eigenvalue weighted by Gasteiger charge is 2.15. The van der Waals surface area contributed by atoms with Gasteiger partial charge in [0.15, 0.2) is 0 Å². The van der Waals surface area contributed by atoms with Gasteiger partial charge in [-0.15, -0.1) is 0 Å². The van der Waals surface area contributed by atoms with E-state index in [1.54, 1.807) is 18.2 Å². The second-order valence-electron chi connectivity index (χ2n) is 5.46. The molecule has 0 bridgehead atoms. The van der Waals surface area contributed by atoms with Gasteiger partial charge in [-0.25, -0.2) is 4.39 Å². The van der Waals surface area contributed by atoms with Crippen molar-refractivity contribution in [2.45, 2.75) is 0 Å². The first-order valence-corrected chi connectivity index (χ1v) is 7.89. The van der Waals surface area contributed by atoms with Crippen LogP contribution in [-0.2, 0) is 9.53 Å². The molecule has 1 aliphatic heterocycles. The lowest BCUT2D eigenvalue weighted by molar-refractivity contribution is -0.111. The van der Waals surface area contributed by atoms with Crippen molar-refractivity contribution in [2.24, 2.45) is 0 Å². The van der Waals surface area contributed by atoms with Gasteiger partial charge in [0.2, 0.25) is 5.91 Å². The molecule has 1 aliphatic rings. The summed E-state index contributed by atoms with van der Waals surface area (Å²) in [4.78, 5) is 14.3. The molecule has 1 fully saturated rings. The lowest BCUT2D eigenvalue weighted by Gasteiger charge is -2.30. The standard InChI is InChI=1S/C19H19FN2O2/c20-16-6-2-1-5-15(16)9-10-19(23)21-17-7-3-4-8-18(17)22-11-13-24-14-12-22/h1-10H,11-14H2,(H,21,23)/b10-9+. The summed E-state index contributed by atoms with van der Waals surface area (Å²) >= 11 is 0. The number of nitrogens with zero attached hydrogens (tertiary/aromatic N) is 1. The van der Waals surface area contributed by atoms with Crippen molar-refractivity contribution >= 4 is 23.4 Å². The Bertz CT molecular complexity index is 740. The fraction of sp³-hybridized carbons (Fsp3) is 0.211. The molecule has 24 heavy (non-hydrogen) atoms. The maximum atomic E-state index is 13.6. The predicted octanol–water partition coefficient (Wildman–Crippen LogP) is 3.31. The molecule has 1 heterocycles. The molecule has 1 saturated heterocycles. The number of halogens is 1. The molecule has 0 aromatic heterocycles. The lowest BCUT2D eigenvalue weighted by Crippen LogP contribution is -2.36. The first kappa shape index (κ1) is 16.2. The molecular weight excluding hydrogens is 307 g/mol. The van der Waals surface area contributed by atoms with Gasteiger partial charge in [0.25, 0.3) is 0 Å². The smallest absolute Gasteiger partial charge is 0.248 e. The van der Waals surface area contributed by atoms with Crippen molar-refractivity contribution in [2.75, 3.05) is 36.5 Å². The number of anilines is 2. The van der Waals surface area contributed by atoms with Crippen molar-refractivity contribution in [3.8, 4) is 0 Å². The number of carbonyl (C=O) groups excluding carboxylic acids is 1. The van der Waals surface area contributed by atoms with E-state index in [0.29, 0.717) is 18.8 Å². The van der Waals surface area contributed by atoms with E-state index in [1.165, 1.54) is 18.2 Å². The first-order chi connectivity index (χ1) is 11.7. The number of morpholine rings is 1. The summed E-state index contributed by atoms with van der Waals surface area (Å²) in [5.74, 6) is -0.644. The summed E-state index contributed by atoms with van der Waals surface area (Å²) in [6.45, 7) is 2.93. The quantitative estimate of drug-likeness (QED) is 0.877. The summed E-state index contributed by atoms with van der Waals surface area (Å²) in [6, 6.07) is 14.0. The molecule has 0 atom stereocenters. The Hall–Kier alpha value is -2.66. The van der Waals surface area contributed by atoms with Crippen LogP contribution in [0.1, 0.15) is 5.56 Å². The van der Waals surface area contributed by atoms with Crippen LogP contribution in [0.2, 0.25) is 0 Å². The Labute approximate surface area is 140 Å². The number of ether oxygens (including phenoxy) is 1. The highest BCUT2D eigenvalue weighted by atomic mass is 19.1. The van der Waals surface area contributed by atoms with Gasteiger partial charge in [-0.3, -0.25) is 4.79 Å². The monoisotopic (exact) mass is 326 g/mol. The third-order valence-corrected chi connectivity index (χ3v) is 3.83. The van der Waals surface area contributed by atoms with Gasteiger partial charge in [-0.1, -0.05) is 30.3 Å². The summed E-state index contributed by atoms with van der Waals surface area (Å²) in [7, 11) is 0. The average molecular weight is 326 g/mol. The molecular formula is C19H19FN2O2. The van der Waals surface area contributed by atoms with Crippen LogP contribution in [0.5, 0.6) is 0 Å². The highest BCUT2D eigenvalue weighted by molar-refractivity contribution is 6.03. The fourth-order valence-corrected chi connectivity index (χ4v) is 2.61. The highest BCUT2D eigenvalue weighted by Crippen LogP contribution is 2.26. The molecule has 5 heteroatoms. The minimum Gasteiger partial charge on any atom is -0.378 e. The normalized spacial score (nSPS) is 14.8. The SMILES string of the molecule is O=C(/C=C/c1ccccc1F)Nc1ccccc1N1CCOCC1. The Kier molecular flexibility index (Phi) is 5.23. The van der Waals surface area contributed by atoms with Gasteiger partial charge >= 0.3 is 0 Å². The van der Waals surface area contributed by atoms with E-state index in [1.807, 2.05) is 24.3 Å². The van der Waals surface area contributed by atoms with Gasteiger partial charge in [-0.2, -0.15) is 0 Å². The summed E-state index contributed by atoms with van der Waals surface area (Å²) < 4.78 is 18.9. The molecule has 2 aromatic rings. The van der Waals surface area contributed by atoms with Crippen LogP contribution in [-0.4, -0.2) is 32.2 Å². The molecule has 1 N–H and O–H groups in total. The van der Waals surface area contributed by atoms with E-state index >= 15 is 0 Å². The molecule has 0 aliphatic carbocycles. The second kappa shape index (κ2) is 7.75. The first-order valence-electron chi connectivity index (χ1n) is 7.89. The Morgan fingerprint density at radius 2 is 1.79 bits per heavy atom. The molecule has 124 valence electrons. The summed E-state index contributed by atoms with van der Waals surface area (Å²) in [5, 5.41) is 2.87. The summed E-state index contributed by atoms with van der Waals surface area (Å²) in [5.41, 5.74) is 2.09. The third-order valence-electron chi connectivity index (χ3n) is 3.83. The van der Waals surface area contributed by atoms with Gasteiger partial charge < -0.3 is 15.0 Å². The van der Waals surface area contributed by atoms with Gasteiger partial charge in [0, 0.05) is 24.7 Å². The zero-order valence-electron chi connectivity index (χ0n) is 13.2. The molecule has 0 spiro atoms. The molecule has 0 saturated carbocycles. The van der Waals surface area contributed by atoms with Crippen LogP contribution in [0, 0.1) is 5.82 Å². The second-order valence-corrected chi connectivity index (χ2v) is 5.46. The van der Waals surface area contributed by atoms with Crippen molar-refractivity contribution in [3.63, 3.8) is 0 Å². The minimum absolute atomic E-state index is 0.293. The van der Waals surface area contributed by atoms with Crippen LogP contribution < -0.4 is 10.2 Å². The van der Waals surface area contributed by atoms with E-state index in [2.05, 4.69) is 10.2 Å². The largest absolute Gasteiger partial charge is 0.378 e. The Morgan fingerprint density at radius 3 is 2.58 bits per heavy atom. The van der Waals surface area contributed by atoms with E-state index in [0.717, 1.165) is 24.5 Å². The molecule has 3 rings (SSSR count). The zero-order valence-corrected chi connectivity index (χ0v) is 13.2.